The number of hydrogen-bond donors (Lipinski definition) is 0. The Morgan fingerprint density at radius 2 is 1.93 bits per heavy atom. The van der Waals surface area contributed by atoms with Gasteiger partial charge in [-0.3, -0.25) is 0 Å². The fourth-order valence-corrected chi connectivity index (χ4v) is 2.51. The van der Waals surface area contributed by atoms with Crippen LogP contribution in [0.4, 0.5) is 8.78 Å². The average molecular weight is 330 g/mol. The number of alkyl halides is 3. The van der Waals surface area contributed by atoms with Gasteiger partial charge in [0.05, 0.1) is 0 Å². The van der Waals surface area contributed by atoms with Crippen molar-refractivity contribution in [3.63, 3.8) is 0 Å². The second-order valence-electron chi connectivity index (χ2n) is 2.46. The van der Waals surface area contributed by atoms with Gasteiger partial charge in [-0.15, -0.1) is 0 Å². The van der Waals surface area contributed by atoms with Crippen LogP contribution in [0.2, 0.25) is 5.32 Å². The van der Waals surface area contributed by atoms with E-state index in [0.717, 1.165) is 5.75 Å². The molecule has 0 aliphatic carbocycles. The summed E-state index contributed by atoms with van der Waals surface area (Å²) < 4.78 is 27.2. The number of hydrogen-bond acceptors (Lipinski definition) is 1. The van der Waals surface area contributed by atoms with Crippen molar-refractivity contribution in [2.45, 2.75) is 9.05 Å². The fraction of sp³-hybridized carbons (Fsp3) is 0.333. The van der Waals surface area contributed by atoms with Crippen molar-refractivity contribution in [2.75, 3.05) is 6.61 Å². The number of rotatable bonds is 5. The van der Waals surface area contributed by atoms with Gasteiger partial charge in [-0.05, 0) is 0 Å². The molecule has 0 bridgehead atoms. The van der Waals surface area contributed by atoms with Crippen molar-refractivity contribution in [3.05, 3.63) is 30.3 Å². The summed E-state index contributed by atoms with van der Waals surface area (Å²) in [5.74, 6) is 0.723. The van der Waals surface area contributed by atoms with Gasteiger partial charge in [0.1, 0.15) is 0 Å². The second-order valence-corrected chi connectivity index (χ2v) is 7.17. The summed E-state index contributed by atoms with van der Waals surface area (Å²) in [7, 11) is 0. The zero-order valence-corrected chi connectivity index (χ0v) is 10.6. The van der Waals surface area contributed by atoms with Gasteiger partial charge in [-0.25, -0.2) is 0 Å². The summed E-state index contributed by atoms with van der Waals surface area (Å²) in [6.07, 6.45) is 0. The van der Waals surface area contributed by atoms with Crippen LogP contribution in [0.1, 0.15) is 0 Å². The molecule has 1 aromatic carbocycles. The molecule has 0 aromatic heterocycles. The van der Waals surface area contributed by atoms with Gasteiger partial charge < -0.3 is 0 Å². The van der Waals surface area contributed by atoms with Crippen LogP contribution < -0.4 is 4.74 Å². The molecule has 1 rings (SSSR count). The van der Waals surface area contributed by atoms with E-state index in [1.807, 2.05) is 18.2 Å². The van der Waals surface area contributed by atoms with Crippen LogP contribution in [-0.2, 0) is 0 Å². The maximum absolute atomic E-state index is 12.3. The topological polar surface area (TPSA) is 9.23 Å². The van der Waals surface area contributed by atoms with E-state index in [9.17, 15) is 8.78 Å². The maximum atomic E-state index is 12.3. The molecule has 1 nitrogen and oxygen atoms in total. The zero-order valence-electron chi connectivity index (χ0n) is 7.25. The Morgan fingerprint density at radius 1 is 1.29 bits per heavy atom. The first-order chi connectivity index (χ1) is 6.58. The first-order valence-corrected chi connectivity index (χ1v) is 6.82. The van der Waals surface area contributed by atoms with Crippen molar-refractivity contribution in [1.29, 1.82) is 0 Å². The van der Waals surface area contributed by atoms with Crippen LogP contribution in [0.5, 0.6) is 5.75 Å². The van der Waals surface area contributed by atoms with E-state index in [-0.39, 0.29) is 0 Å². The Labute approximate surface area is 96.1 Å². The molecule has 0 amide bonds. The van der Waals surface area contributed by atoms with Crippen molar-refractivity contribution in [2.24, 2.45) is 0 Å². The molecule has 0 heterocycles. The first kappa shape index (κ1) is 12.0. The summed E-state index contributed by atoms with van der Waals surface area (Å²) >= 11 is 1.56. The van der Waals surface area contributed by atoms with Crippen LogP contribution >= 0.6 is 15.9 Å². The Balaban J connectivity index is 2.17. The molecule has 5 heteroatoms. The molecule has 0 spiro atoms. The van der Waals surface area contributed by atoms with Crippen LogP contribution in [0.15, 0.2) is 30.3 Å². The van der Waals surface area contributed by atoms with Crippen molar-refractivity contribution >= 4 is 30.9 Å². The summed E-state index contributed by atoms with van der Waals surface area (Å²) in [6.45, 7) is 0.338. The third kappa shape index (κ3) is 5.58. The van der Waals surface area contributed by atoms with E-state index in [2.05, 4.69) is 15.9 Å². The number of benzene rings is 1. The Bertz CT molecular complexity index is 263. The summed E-state index contributed by atoms with van der Waals surface area (Å²) in [4.78, 5) is 0. The molecular weight excluding hydrogens is 321 g/mol. The SMILES string of the molecule is FC(F)(Br)[Se]CCOc1ccccc1. The minimum atomic E-state index is -2.71. The predicted octanol–water partition coefficient (Wildman–Crippen LogP) is 3.13. The number of para-hydroxylation sites is 1. The Morgan fingerprint density at radius 3 is 2.50 bits per heavy atom. The van der Waals surface area contributed by atoms with Crippen molar-refractivity contribution < 1.29 is 13.5 Å². The molecule has 0 aliphatic rings. The summed E-state index contributed by atoms with van der Waals surface area (Å²) in [6, 6.07) is 9.18. The van der Waals surface area contributed by atoms with Crippen molar-refractivity contribution in [1.82, 2.24) is 0 Å². The predicted molar refractivity (Wildman–Crippen MR) is 56.4 cm³/mol. The van der Waals surface area contributed by atoms with E-state index in [0.29, 0.717) is 11.9 Å². The molecular formula is C9H9BrF2OSe. The molecule has 0 unspecified atom stereocenters. The third-order valence-electron chi connectivity index (χ3n) is 1.36. The van der Waals surface area contributed by atoms with Gasteiger partial charge >= 0.3 is 96.1 Å². The Kier molecular flexibility index (Phi) is 4.85. The quantitative estimate of drug-likeness (QED) is 0.458. The molecule has 1 aromatic rings. The van der Waals surface area contributed by atoms with Crippen molar-refractivity contribution in [3.8, 4) is 5.75 Å². The van der Waals surface area contributed by atoms with E-state index < -0.39 is 18.7 Å². The summed E-state index contributed by atoms with van der Waals surface area (Å²) in [5.41, 5.74) is 0. The minimum absolute atomic E-state index is 0.338. The second kappa shape index (κ2) is 5.69. The van der Waals surface area contributed by atoms with Gasteiger partial charge in [0.15, 0.2) is 0 Å². The van der Waals surface area contributed by atoms with Crippen LogP contribution in [0.3, 0.4) is 0 Å². The summed E-state index contributed by atoms with van der Waals surface area (Å²) in [5, 5.41) is 0.389. The molecule has 78 valence electrons. The van der Waals surface area contributed by atoms with Gasteiger partial charge in [-0.1, -0.05) is 0 Å². The first-order valence-electron chi connectivity index (χ1n) is 3.96. The van der Waals surface area contributed by atoms with E-state index in [4.69, 9.17) is 4.74 Å². The molecule has 0 aliphatic heterocycles. The normalized spacial score (nSPS) is 11.4. The molecule has 0 N–H and O–H groups in total. The van der Waals surface area contributed by atoms with E-state index in [1.54, 1.807) is 12.1 Å². The fourth-order valence-electron chi connectivity index (χ4n) is 0.834. The molecule has 0 saturated carbocycles. The molecule has 0 radical (unpaired) electrons. The average Bonchev–Trinajstić information content (AvgIpc) is 2.13. The van der Waals surface area contributed by atoms with Crippen LogP contribution in [0.25, 0.3) is 0 Å². The van der Waals surface area contributed by atoms with Gasteiger partial charge in [-0.2, -0.15) is 0 Å². The number of halogens is 3. The standard InChI is InChI=1S/C9H9BrF2OSe/c10-9(11,12)14-7-6-13-8-4-2-1-3-5-8/h1-5H,6-7H2. The van der Waals surface area contributed by atoms with Gasteiger partial charge in [0.2, 0.25) is 0 Å². The van der Waals surface area contributed by atoms with E-state index >= 15 is 0 Å². The molecule has 14 heavy (non-hydrogen) atoms. The number of ether oxygens (including phenoxy) is 1. The molecule has 0 atom stereocenters. The monoisotopic (exact) mass is 330 g/mol. The van der Waals surface area contributed by atoms with Gasteiger partial charge in [0.25, 0.3) is 0 Å². The Hall–Kier alpha value is -0.121. The molecule has 0 fully saturated rings. The van der Waals surface area contributed by atoms with Crippen LogP contribution in [0, 0.1) is 0 Å². The van der Waals surface area contributed by atoms with E-state index in [1.165, 1.54) is 0 Å². The third-order valence-corrected chi connectivity index (χ3v) is 4.02. The van der Waals surface area contributed by atoms with Gasteiger partial charge in [0, 0.05) is 0 Å². The zero-order chi connectivity index (χ0) is 10.4. The van der Waals surface area contributed by atoms with Crippen LogP contribution in [-0.4, -0.2) is 25.3 Å². The molecule has 0 saturated heterocycles.